The summed E-state index contributed by atoms with van der Waals surface area (Å²) in [4.78, 5) is 4.86. The maximum atomic E-state index is 9.50. The van der Waals surface area contributed by atoms with Crippen molar-refractivity contribution in [2.75, 3.05) is 33.8 Å². The molecule has 1 heterocycles. The molecule has 0 amide bonds. The van der Waals surface area contributed by atoms with Crippen molar-refractivity contribution in [1.82, 2.24) is 9.80 Å². The van der Waals surface area contributed by atoms with E-state index in [9.17, 15) is 5.11 Å². The van der Waals surface area contributed by atoms with Gasteiger partial charge in [0.1, 0.15) is 5.75 Å². The molecule has 0 saturated carbocycles. The van der Waals surface area contributed by atoms with E-state index in [1.165, 1.54) is 31.4 Å². The van der Waals surface area contributed by atoms with Gasteiger partial charge in [0, 0.05) is 24.7 Å². The summed E-state index contributed by atoms with van der Waals surface area (Å²) in [5.74, 6) is 0.795. The molecule has 1 aromatic rings. The van der Waals surface area contributed by atoms with E-state index in [0.717, 1.165) is 24.4 Å². The fourth-order valence-electron chi connectivity index (χ4n) is 3.26. The molecule has 124 valence electrons. The number of piperidine rings is 1. The fraction of sp³-hybridized carbons (Fsp3) is 0.667. The smallest absolute Gasteiger partial charge is 0.124 e. The number of likely N-dealkylation sites (tertiary alicyclic amines) is 1. The summed E-state index contributed by atoms with van der Waals surface area (Å²) in [7, 11) is 4.41. The zero-order valence-corrected chi connectivity index (χ0v) is 14.2. The highest BCUT2D eigenvalue weighted by Crippen LogP contribution is 2.22. The summed E-state index contributed by atoms with van der Waals surface area (Å²) >= 11 is 0. The molecule has 0 aliphatic carbocycles. The van der Waals surface area contributed by atoms with Crippen LogP contribution in [0.5, 0.6) is 5.75 Å². The maximum absolute atomic E-state index is 9.50. The molecular formula is C18H30N2O2. The second-order valence-corrected chi connectivity index (χ2v) is 6.36. The first-order valence-corrected chi connectivity index (χ1v) is 8.38. The second kappa shape index (κ2) is 8.51. The van der Waals surface area contributed by atoms with Gasteiger partial charge in [0.05, 0.1) is 13.2 Å². The van der Waals surface area contributed by atoms with Crippen molar-refractivity contribution >= 4 is 0 Å². The number of rotatable bonds is 7. The van der Waals surface area contributed by atoms with Crippen molar-refractivity contribution in [3.63, 3.8) is 0 Å². The van der Waals surface area contributed by atoms with E-state index in [1.807, 2.05) is 13.0 Å². The van der Waals surface area contributed by atoms with Gasteiger partial charge < -0.3 is 19.6 Å². The molecule has 0 aromatic heterocycles. The molecule has 22 heavy (non-hydrogen) atoms. The summed E-state index contributed by atoms with van der Waals surface area (Å²) in [5, 5.41) is 9.50. The monoisotopic (exact) mass is 306 g/mol. The van der Waals surface area contributed by atoms with Gasteiger partial charge >= 0.3 is 0 Å². The summed E-state index contributed by atoms with van der Waals surface area (Å²) in [6.45, 7) is 5.83. The number of likely N-dealkylation sites (N-methyl/N-ethyl adjacent to an activating group) is 2. The largest absolute Gasteiger partial charge is 0.494 e. The maximum Gasteiger partial charge on any atom is 0.124 e. The minimum absolute atomic E-state index is 0.0260. The molecule has 1 aliphatic rings. The van der Waals surface area contributed by atoms with Crippen LogP contribution < -0.4 is 4.74 Å². The number of ether oxygens (including phenoxy) is 1. The number of nitrogens with zero attached hydrogens (tertiary/aromatic N) is 2. The molecule has 1 atom stereocenters. The predicted octanol–water partition coefficient (Wildman–Crippen LogP) is 2.49. The van der Waals surface area contributed by atoms with Gasteiger partial charge in [0.2, 0.25) is 0 Å². The van der Waals surface area contributed by atoms with Crippen LogP contribution in [0.2, 0.25) is 0 Å². The third kappa shape index (κ3) is 4.70. The molecule has 0 radical (unpaired) electrons. The van der Waals surface area contributed by atoms with Crippen LogP contribution in [0.4, 0.5) is 0 Å². The second-order valence-electron chi connectivity index (χ2n) is 6.36. The Morgan fingerprint density at radius 3 is 2.86 bits per heavy atom. The van der Waals surface area contributed by atoms with Gasteiger partial charge in [0.15, 0.2) is 0 Å². The van der Waals surface area contributed by atoms with Gasteiger partial charge in [-0.05, 0) is 58.1 Å². The normalized spacial score (nSPS) is 19.6. The Morgan fingerprint density at radius 1 is 1.36 bits per heavy atom. The van der Waals surface area contributed by atoms with Crippen molar-refractivity contribution in [1.29, 1.82) is 0 Å². The molecule has 4 nitrogen and oxygen atoms in total. The van der Waals surface area contributed by atoms with Gasteiger partial charge in [-0.25, -0.2) is 0 Å². The van der Waals surface area contributed by atoms with Crippen LogP contribution in [-0.4, -0.2) is 54.7 Å². The van der Waals surface area contributed by atoms with E-state index in [0.29, 0.717) is 12.6 Å². The van der Waals surface area contributed by atoms with Gasteiger partial charge in [-0.15, -0.1) is 0 Å². The van der Waals surface area contributed by atoms with Crippen LogP contribution in [0.15, 0.2) is 18.2 Å². The number of aliphatic hydroxyl groups is 1. The molecule has 0 spiro atoms. The van der Waals surface area contributed by atoms with E-state index >= 15 is 0 Å². The first-order chi connectivity index (χ1) is 10.6. The SMILES string of the molecule is CCOc1ccc(CN(C)CC2CCCCN2C)cc1CO. The number of hydrogen-bond acceptors (Lipinski definition) is 4. The average Bonchev–Trinajstić information content (AvgIpc) is 2.51. The van der Waals surface area contributed by atoms with E-state index in [-0.39, 0.29) is 6.61 Å². The Hall–Kier alpha value is -1.10. The average molecular weight is 306 g/mol. The highest BCUT2D eigenvalue weighted by molar-refractivity contribution is 5.36. The Balaban J connectivity index is 1.94. The molecular weight excluding hydrogens is 276 g/mol. The molecule has 2 rings (SSSR count). The predicted molar refractivity (Wildman–Crippen MR) is 90.1 cm³/mol. The van der Waals surface area contributed by atoms with Crippen molar-refractivity contribution < 1.29 is 9.84 Å². The van der Waals surface area contributed by atoms with Crippen LogP contribution >= 0.6 is 0 Å². The van der Waals surface area contributed by atoms with Crippen molar-refractivity contribution in [3.05, 3.63) is 29.3 Å². The molecule has 4 heteroatoms. The lowest BCUT2D eigenvalue weighted by atomic mass is 10.0. The summed E-state index contributed by atoms with van der Waals surface area (Å²) < 4.78 is 5.54. The number of aliphatic hydroxyl groups excluding tert-OH is 1. The third-order valence-corrected chi connectivity index (χ3v) is 4.49. The number of benzene rings is 1. The molecule has 1 fully saturated rings. The molecule has 1 aromatic carbocycles. The molecule has 1 unspecified atom stereocenters. The van der Waals surface area contributed by atoms with E-state index in [1.54, 1.807) is 0 Å². The lowest BCUT2D eigenvalue weighted by Crippen LogP contribution is -2.43. The standard InChI is InChI=1S/C18H30N2O2/c1-4-22-18-9-8-15(11-16(18)14-21)12-19(2)13-17-7-5-6-10-20(17)3/h8-9,11,17,21H,4-7,10,12-14H2,1-3H3. The van der Waals surface area contributed by atoms with E-state index in [2.05, 4.69) is 36.0 Å². The number of hydrogen-bond donors (Lipinski definition) is 1. The Bertz CT molecular complexity index is 464. The van der Waals surface area contributed by atoms with Crippen LogP contribution in [0.25, 0.3) is 0 Å². The minimum Gasteiger partial charge on any atom is -0.494 e. The fourth-order valence-corrected chi connectivity index (χ4v) is 3.26. The first kappa shape index (κ1) is 17.3. The highest BCUT2D eigenvalue weighted by Gasteiger charge is 2.20. The lowest BCUT2D eigenvalue weighted by molar-refractivity contribution is 0.138. The van der Waals surface area contributed by atoms with Gasteiger partial charge in [-0.3, -0.25) is 0 Å². The van der Waals surface area contributed by atoms with Crippen LogP contribution in [-0.2, 0) is 13.2 Å². The Labute approximate surface area is 134 Å². The molecule has 1 saturated heterocycles. The molecule has 0 bridgehead atoms. The van der Waals surface area contributed by atoms with Crippen molar-refractivity contribution in [2.45, 2.75) is 45.4 Å². The molecule has 1 aliphatic heterocycles. The highest BCUT2D eigenvalue weighted by atomic mass is 16.5. The quantitative estimate of drug-likeness (QED) is 0.839. The summed E-state index contributed by atoms with van der Waals surface area (Å²) in [6.07, 6.45) is 3.97. The van der Waals surface area contributed by atoms with Crippen LogP contribution in [0.1, 0.15) is 37.3 Å². The first-order valence-electron chi connectivity index (χ1n) is 8.38. The van der Waals surface area contributed by atoms with Gasteiger partial charge in [-0.1, -0.05) is 12.5 Å². The van der Waals surface area contributed by atoms with Crippen LogP contribution in [0, 0.1) is 0 Å². The van der Waals surface area contributed by atoms with Crippen molar-refractivity contribution in [3.8, 4) is 5.75 Å². The summed E-state index contributed by atoms with van der Waals surface area (Å²) in [5.41, 5.74) is 2.11. The molecule has 1 N–H and O–H groups in total. The summed E-state index contributed by atoms with van der Waals surface area (Å²) in [6, 6.07) is 6.81. The Morgan fingerprint density at radius 2 is 2.18 bits per heavy atom. The lowest BCUT2D eigenvalue weighted by Gasteiger charge is -2.35. The van der Waals surface area contributed by atoms with Gasteiger partial charge in [-0.2, -0.15) is 0 Å². The van der Waals surface area contributed by atoms with E-state index < -0.39 is 0 Å². The third-order valence-electron chi connectivity index (χ3n) is 4.49. The Kier molecular flexibility index (Phi) is 6.68. The van der Waals surface area contributed by atoms with Crippen LogP contribution in [0.3, 0.4) is 0 Å². The van der Waals surface area contributed by atoms with E-state index in [4.69, 9.17) is 4.74 Å². The van der Waals surface area contributed by atoms with Gasteiger partial charge in [0.25, 0.3) is 0 Å². The topological polar surface area (TPSA) is 35.9 Å². The zero-order valence-electron chi connectivity index (χ0n) is 14.2. The van der Waals surface area contributed by atoms with Crippen molar-refractivity contribution in [2.24, 2.45) is 0 Å². The zero-order chi connectivity index (χ0) is 15.9. The minimum atomic E-state index is 0.0260.